The summed E-state index contributed by atoms with van der Waals surface area (Å²) in [7, 11) is 0. The average Bonchev–Trinajstić information content (AvgIpc) is 2.89. The largest absolute Gasteiger partial charge is 0.361 e. The van der Waals surface area contributed by atoms with Gasteiger partial charge >= 0.3 is 0 Å². The molecule has 6 nitrogen and oxygen atoms in total. The number of pyridine rings is 1. The zero-order chi connectivity index (χ0) is 18.6. The number of hydrogen-bond acceptors (Lipinski definition) is 5. The van der Waals surface area contributed by atoms with Gasteiger partial charge in [0.15, 0.2) is 0 Å². The number of hydrogen-bond donors (Lipinski definition) is 1. The molecule has 0 spiro atoms. The highest BCUT2D eigenvalue weighted by atomic mass is 16.5. The molecule has 0 bridgehead atoms. The van der Waals surface area contributed by atoms with Crippen LogP contribution in [0.5, 0.6) is 0 Å². The maximum atomic E-state index is 12.4. The molecule has 2 rings (SSSR count). The highest BCUT2D eigenvalue weighted by molar-refractivity contribution is 5.95. The van der Waals surface area contributed by atoms with E-state index in [0.717, 1.165) is 29.1 Å². The van der Waals surface area contributed by atoms with Crippen LogP contribution in [0.2, 0.25) is 0 Å². The Morgan fingerprint density at radius 1 is 1.20 bits per heavy atom. The Morgan fingerprint density at radius 2 is 1.88 bits per heavy atom. The van der Waals surface area contributed by atoms with Gasteiger partial charge in [0.25, 0.3) is 5.91 Å². The van der Waals surface area contributed by atoms with Crippen LogP contribution in [0.3, 0.4) is 0 Å². The predicted molar refractivity (Wildman–Crippen MR) is 98.5 cm³/mol. The summed E-state index contributed by atoms with van der Waals surface area (Å²) in [5.74, 6) is 0.606. The molecule has 0 aliphatic heterocycles. The van der Waals surface area contributed by atoms with E-state index in [1.807, 2.05) is 19.9 Å². The summed E-state index contributed by atoms with van der Waals surface area (Å²) in [6.07, 6.45) is 3.31. The first kappa shape index (κ1) is 19.1. The SMILES string of the molecule is Cc1noc(C)c1-c1cncc(C(=O)NCCN(C(C)C)C(C)C)c1. The monoisotopic (exact) mass is 344 g/mol. The molecule has 136 valence electrons. The molecular weight excluding hydrogens is 316 g/mol. The van der Waals surface area contributed by atoms with E-state index in [1.54, 1.807) is 12.4 Å². The van der Waals surface area contributed by atoms with Crippen LogP contribution in [-0.2, 0) is 0 Å². The number of aryl methyl sites for hydroxylation is 2. The van der Waals surface area contributed by atoms with Gasteiger partial charge in [-0.3, -0.25) is 14.7 Å². The van der Waals surface area contributed by atoms with E-state index in [9.17, 15) is 4.79 Å². The molecule has 0 atom stereocenters. The smallest absolute Gasteiger partial charge is 0.252 e. The lowest BCUT2D eigenvalue weighted by Gasteiger charge is -2.30. The topological polar surface area (TPSA) is 71.3 Å². The van der Waals surface area contributed by atoms with Crippen molar-refractivity contribution in [3.05, 3.63) is 35.5 Å². The van der Waals surface area contributed by atoms with Crippen molar-refractivity contribution < 1.29 is 9.32 Å². The van der Waals surface area contributed by atoms with Crippen molar-refractivity contribution in [2.45, 2.75) is 53.6 Å². The van der Waals surface area contributed by atoms with Crippen molar-refractivity contribution in [3.8, 4) is 11.1 Å². The molecule has 1 N–H and O–H groups in total. The third-order valence-corrected chi connectivity index (χ3v) is 4.30. The lowest BCUT2D eigenvalue weighted by Crippen LogP contribution is -2.42. The third-order valence-electron chi connectivity index (χ3n) is 4.30. The molecule has 0 unspecified atom stereocenters. The Hall–Kier alpha value is -2.21. The molecule has 25 heavy (non-hydrogen) atoms. The van der Waals surface area contributed by atoms with Crippen molar-refractivity contribution in [1.82, 2.24) is 20.4 Å². The molecule has 2 aromatic rings. The predicted octanol–water partition coefficient (Wildman–Crippen LogP) is 3.20. The minimum Gasteiger partial charge on any atom is -0.361 e. The average molecular weight is 344 g/mol. The van der Waals surface area contributed by atoms with Crippen molar-refractivity contribution in [2.75, 3.05) is 13.1 Å². The first-order valence-corrected chi connectivity index (χ1v) is 8.73. The van der Waals surface area contributed by atoms with Gasteiger partial charge < -0.3 is 9.84 Å². The standard InChI is InChI=1S/C19H28N4O2/c1-12(2)23(13(3)4)8-7-21-19(24)17-9-16(10-20-11-17)18-14(5)22-25-15(18)6/h9-13H,7-8H2,1-6H3,(H,21,24). The van der Waals surface area contributed by atoms with Crippen molar-refractivity contribution in [3.63, 3.8) is 0 Å². The summed E-state index contributed by atoms with van der Waals surface area (Å²) in [5.41, 5.74) is 3.07. The van der Waals surface area contributed by atoms with Gasteiger partial charge in [-0.15, -0.1) is 0 Å². The highest BCUT2D eigenvalue weighted by Crippen LogP contribution is 2.26. The number of nitrogens with one attached hydrogen (secondary N) is 1. The van der Waals surface area contributed by atoms with E-state index in [0.29, 0.717) is 24.2 Å². The van der Waals surface area contributed by atoms with Crippen molar-refractivity contribution in [1.29, 1.82) is 0 Å². The van der Waals surface area contributed by atoms with E-state index < -0.39 is 0 Å². The number of aromatic nitrogens is 2. The van der Waals surface area contributed by atoms with Crippen LogP contribution in [0.25, 0.3) is 11.1 Å². The fourth-order valence-corrected chi connectivity index (χ4v) is 3.11. The molecule has 0 aliphatic rings. The Bertz CT molecular complexity index is 694. The van der Waals surface area contributed by atoms with E-state index in [1.165, 1.54) is 0 Å². The van der Waals surface area contributed by atoms with Gasteiger partial charge in [0.05, 0.1) is 11.3 Å². The molecule has 0 saturated carbocycles. The zero-order valence-electron chi connectivity index (χ0n) is 16.0. The van der Waals surface area contributed by atoms with E-state index >= 15 is 0 Å². The second kappa shape index (κ2) is 8.25. The number of carbonyl (C=O) groups excluding carboxylic acids is 1. The van der Waals surface area contributed by atoms with Crippen LogP contribution >= 0.6 is 0 Å². The number of nitrogens with zero attached hydrogens (tertiary/aromatic N) is 3. The van der Waals surface area contributed by atoms with Crippen LogP contribution < -0.4 is 5.32 Å². The summed E-state index contributed by atoms with van der Waals surface area (Å²) < 4.78 is 5.20. The first-order chi connectivity index (χ1) is 11.8. The molecule has 1 amide bonds. The Morgan fingerprint density at radius 3 is 2.44 bits per heavy atom. The normalized spacial score (nSPS) is 11.6. The van der Waals surface area contributed by atoms with E-state index in [2.05, 4.69) is 48.1 Å². The minimum absolute atomic E-state index is 0.117. The van der Waals surface area contributed by atoms with Crippen molar-refractivity contribution in [2.24, 2.45) is 0 Å². The van der Waals surface area contributed by atoms with Gasteiger partial charge in [0, 0.05) is 48.7 Å². The zero-order valence-corrected chi connectivity index (χ0v) is 16.0. The maximum Gasteiger partial charge on any atom is 0.252 e. The lowest BCUT2D eigenvalue weighted by atomic mass is 10.0. The summed E-state index contributed by atoms with van der Waals surface area (Å²) in [5, 5.41) is 6.94. The number of amides is 1. The van der Waals surface area contributed by atoms with Gasteiger partial charge in [-0.25, -0.2) is 0 Å². The fourth-order valence-electron chi connectivity index (χ4n) is 3.11. The first-order valence-electron chi connectivity index (χ1n) is 8.73. The molecule has 0 radical (unpaired) electrons. The second-order valence-corrected chi connectivity index (χ2v) is 6.84. The van der Waals surface area contributed by atoms with Gasteiger partial charge in [-0.05, 0) is 47.6 Å². The Kier molecular flexibility index (Phi) is 6.31. The Labute approximate surface area is 149 Å². The fraction of sp³-hybridized carbons (Fsp3) is 0.526. The molecular formula is C19H28N4O2. The highest BCUT2D eigenvalue weighted by Gasteiger charge is 2.16. The van der Waals surface area contributed by atoms with Gasteiger partial charge in [-0.1, -0.05) is 5.16 Å². The molecule has 0 fully saturated rings. The molecule has 0 saturated heterocycles. The second-order valence-electron chi connectivity index (χ2n) is 6.84. The van der Waals surface area contributed by atoms with Gasteiger partial charge in [-0.2, -0.15) is 0 Å². The van der Waals surface area contributed by atoms with E-state index in [-0.39, 0.29) is 5.91 Å². The molecule has 2 aromatic heterocycles. The van der Waals surface area contributed by atoms with E-state index in [4.69, 9.17) is 4.52 Å². The summed E-state index contributed by atoms with van der Waals surface area (Å²) in [4.78, 5) is 19.0. The molecule has 0 aromatic carbocycles. The van der Waals surface area contributed by atoms with Crippen LogP contribution in [0.4, 0.5) is 0 Å². The lowest BCUT2D eigenvalue weighted by molar-refractivity contribution is 0.0939. The maximum absolute atomic E-state index is 12.4. The number of rotatable bonds is 7. The summed E-state index contributed by atoms with van der Waals surface area (Å²) in [6, 6.07) is 2.72. The van der Waals surface area contributed by atoms with Crippen molar-refractivity contribution >= 4 is 5.91 Å². The van der Waals surface area contributed by atoms with Crippen LogP contribution in [0.15, 0.2) is 23.0 Å². The Balaban J connectivity index is 2.05. The van der Waals surface area contributed by atoms with Gasteiger partial charge in [0.1, 0.15) is 5.76 Å². The van der Waals surface area contributed by atoms with Crippen LogP contribution in [-0.4, -0.2) is 46.1 Å². The summed E-state index contributed by atoms with van der Waals surface area (Å²) >= 11 is 0. The molecule has 2 heterocycles. The molecule has 0 aliphatic carbocycles. The summed E-state index contributed by atoms with van der Waals surface area (Å²) in [6.45, 7) is 13.8. The third kappa shape index (κ3) is 4.66. The van der Waals surface area contributed by atoms with Crippen LogP contribution in [0.1, 0.15) is 49.5 Å². The number of carbonyl (C=O) groups is 1. The van der Waals surface area contributed by atoms with Crippen LogP contribution in [0, 0.1) is 13.8 Å². The molecule has 6 heteroatoms. The van der Waals surface area contributed by atoms with Gasteiger partial charge in [0.2, 0.25) is 0 Å². The quantitative estimate of drug-likeness (QED) is 0.835. The minimum atomic E-state index is -0.117.